The van der Waals surface area contributed by atoms with Crippen molar-refractivity contribution < 1.29 is 14.0 Å². The topological polar surface area (TPSA) is 97.4 Å². The monoisotopic (exact) mass is 341 g/mol. The van der Waals surface area contributed by atoms with Crippen LogP contribution in [0, 0.1) is 5.92 Å². The van der Waals surface area contributed by atoms with Crippen molar-refractivity contribution >= 4 is 23.2 Å². The Morgan fingerprint density at radius 1 is 1.12 bits per heavy atom. The summed E-state index contributed by atoms with van der Waals surface area (Å²) in [5, 5.41) is 5.66. The zero-order valence-corrected chi connectivity index (χ0v) is 14.2. The quantitative estimate of drug-likeness (QED) is 0.794. The third-order valence-corrected chi connectivity index (χ3v) is 4.73. The number of amides is 2. The second kappa shape index (κ2) is 7.11. The normalized spacial score (nSPS) is 23.0. The van der Waals surface area contributed by atoms with E-state index in [0.717, 1.165) is 25.7 Å². The highest BCUT2D eigenvalue weighted by atomic mass is 16.3. The fraction of sp³-hybridized carbons (Fsp3) is 0.368. The molecule has 2 amide bonds. The van der Waals surface area contributed by atoms with Crippen molar-refractivity contribution in [1.82, 2.24) is 0 Å². The minimum atomic E-state index is -0.459. The lowest BCUT2D eigenvalue weighted by Gasteiger charge is -2.37. The molecule has 4 N–H and O–H groups in total. The van der Waals surface area contributed by atoms with E-state index >= 15 is 0 Å². The number of carbonyl (C=O) groups is 2. The molecule has 6 nitrogen and oxygen atoms in total. The smallest absolute Gasteiger partial charge is 0.291 e. The van der Waals surface area contributed by atoms with Gasteiger partial charge in [0.2, 0.25) is 5.91 Å². The van der Waals surface area contributed by atoms with Crippen LogP contribution in [0.2, 0.25) is 0 Å². The molecule has 1 aromatic carbocycles. The molecule has 0 spiro atoms. The van der Waals surface area contributed by atoms with Crippen LogP contribution >= 0.6 is 0 Å². The van der Waals surface area contributed by atoms with Gasteiger partial charge in [-0.25, -0.2) is 0 Å². The number of carbonyl (C=O) groups excluding carboxylic acids is 2. The summed E-state index contributed by atoms with van der Waals surface area (Å²) >= 11 is 0. The van der Waals surface area contributed by atoms with Gasteiger partial charge in [-0.2, -0.15) is 0 Å². The maximum Gasteiger partial charge on any atom is 0.291 e. The van der Waals surface area contributed by atoms with Gasteiger partial charge in [0.1, 0.15) is 0 Å². The predicted octanol–water partition coefficient (Wildman–Crippen LogP) is 3.38. The third-order valence-electron chi connectivity index (χ3n) is 4.73. The van der Waals surface area contributed by atoms with Crippen LogP contribution in [0.15, 0.2) is 47.1 Å². The second-order valence-electron chi connectivity index (χ2n) is 6.80. The Hall–Kier alpha value is -2.60. The minimum Gasteiger partial charge on any atom is -0.459 e. The second-order valence-corrected chi connectivity index (χ2v) is 6.80. The van der Waals surface area contributed by atoms with Gasteiger partial charge in [0.15, 0.2) is 5.76 Å². The highest BCUT2D eigenvalue weighted by Crippen LogP contribution is 2.32. The van der Waals surface area contributed by atoms with Gasteiger partial charge in [0.05, 0.1) is 12.2 Å². The fourth-order valence-electron chi connectivity index (χ4n) is 3.26. The summed E-state index contributed by atoms with van der Waals surface area (Å²) in [6, 6.07) is 10.2. The van der Waals surface area contributed by atoms with Gasteiger partial charge in [0, 0.05) is 16.9 Å². The van der Waals surface area contributed by atoms with Crippen molar-refractivity contribution in [3.63, 3.8) is 0 Å². The predicted molar refractivity (Wildman–Crippen MR) is 96.3 cm³/mol. The van der Waals surface area contributed by atoms with E-state index in [1.165, 1.54) is 6.26 Å². The van der Waals surface area contributed by atoms with Crippen molar-refractivity contribution in [3.05, 3.63) is 48.4 Å². The van der Waals surface area contributed by atoms with Gasteiger partial charge in [-0.05, 0) is 56.2 Å². The molecule has 0 bridgehead atoms. The van der Waals surface area contributed by atoms with Crippen LogP contribution in [-0.2, 0) is 4.79 Å². The maximum absolute atomic E-state index is 12.5. The van der Waals surface area contributed by atoms with E-state index in [4.69, 9.17) is 10.2 Å². The van der Waals surface area contributed by atoms with Gasteiger partial charge in [-0.15, -0.1) is 0 Å². The number of nitrogens with two attached hydrogens (primary N) is 1. The molecule has 1 saturated carbocycles. The first-order valence-electron chi connectivity index (χ1n) is 8.50. The highest BCUT2D eigenvalue weighted by molar-refractivity contribution is 6.02. The molecule has 2 aromatic rings. The number of rotatable bonds is 4. The van der Waals surface area contributed by atoms with Crippen LogP contribution in [0.5, 0.6) is 0 Å². The Labute approximate surface area is 146 Å². The molecule has 2 unspecified atom stereocenters. The number of furan rings is 1. The average Bonchev–Trinajstić information content (AvgIpc) is 3.11. The van der Waals surface area contributed by atoms with Crippen LogP contribution in [0.1, 0.15) is 43.2 Å². The van der Waals surface area contributed by atoms with E-state index in [2.05, 4.69) is 10.6 Å². The first-order chi connectivity index (χ1) is 12.0. The summed E-state index contributed by atoms with van der Waals surface area (Å²) in [4.78, 5) is 24.5. The van der Waals surface area contributed by atoms with Crippen molar-refractivity contribution in [1.29, 1.82) is 0 Å². The molecule has 1 aliphatic rings. The fourth-order valence-corrected chi connectivity index (χ4v) is 3.26. The summed E-state index contributed by atoms with van der Waals surface area (Å²) in [6.45, 7) is 1.95. The van der Waals surface area contributed by atoms with Crippen LogP contribution in [0.3, 0.4) is 0 Å². The van der Waals surface area contributed by atoms with Crippen molar-refractivity contribution in [2.45, 2.75) is 38.1 Å². The maximum atomic E-state index is 12.5. The molecular formula is C19H23N3O3. The lowest BCUT2D eigenvalue weighted by Crippen LogP contribution is -2.51. The van der Waals surface area contributed by atoms with Crippen molar-refractivity contribution in [2.75, 3.05) is 10.6 Å². The summed E-state index contributed by atoms with van der Waals surface area (Å²) in [5.74, 6) is -0.295. The summed E-state index contributed by atoms with van der Waals surface area (Å²) < 4.78 is 5.05. The molecule has 0 saturated heterocycles. The van der Waals surface area contributed by atoms with Gasteiger partial charge in [-0.3, -0.25) is 9.59 Å². The Balaban J connectivity index is 1.60. The number of hydrogen-bond donors (Lipinski definition) is 3. The largest absolute Gasteiger partial charge is 0.459 e. The van der Waals surface area contributed by atoms with E-state index < -0.39 is 5.54 Å². The zero-order valence-electron chi connectivity index (χ0n) is 14.2. The molecule has 25 heavy (non-hydrogen) atoms. The molecule has 0 radical (unpaired) electrons. The zero-order chi connectivity index (χ0) is 17.9. The van der Waals surface area contributed by atoms with Crippen LogP contribution < -0.4 is 16.4 Å². The van der Waals surface area contributed by atoms with Gasteiger partial charge < -0.3 is 20.8 Å². The molecule has 1 heterocycles. The first-order valence-corrected chi connectivity index (χ1v) is 8.50. The summed E-state index contributed by atoms with van der Waals surface area (Å²) in [6.07, 6.45) is 5.23. The minimum absolute atomic E-state index is 0.0444. The number of anilines is 2. The number of nitrogens with one attached hydrogen (secondary N) is 2. The van der Waals surface area contributed by atoms with Gasteiger partial charge in [0.25, 0.3) is 5.91 Å². The summed E-state index contributed by atoms with van der Waals surface area (Å²) in [5.41, 5.74) is 7.13. The Morgan fingerprint density at radius 2 is 1.80 bits per heavy atom. The molecule has 1 aromatic heterocycles. The number of hydrogen-bond acceptors (Lipinski definition) is 4. The lowest BCUT2D eigenvalue weighted by atomic mass is 9.74. The van der Waals surface area contributed by atoms with E-state index in [0.29, 0.717) is 11.4 Å². The molecule has 3 rings (SSSR count). The SMILES string of the molecule is CC1(N)CCCCC1C(=O)Nc1ccc(NC(=O)c2ccco2)cc1. The summed E-state index contributed by atoms with van der Waals surface area (Å²) in [7, 11) is 0. The number of benzene rings is 1. The molecule has 6 heteroatoms. The molecule has 2 atom stereocenters. The van der Waals surface area contributed by atoms with Gasteiger partial charge >= 0.3 is 0 Å². The highest BCUT2D eigenvalue weighted by Gasteiger charge is 2.37. The standard InChI is InChI=1S/C19H23N3O3/c1-19(20)11-3-2-5-15(19)17(23)21-13-7-9-14(10-8-13)22-18(24)16-6-4-12-25-16/h4,6-10,12,15H,2-3,5,11,20H2,1H3,(H,21,23)(H,22,24). The van der Waals surface area contributed by atoms with E-state index in [1.807, 2.05) is 6.92 Å². The van der Waals surface area contributed by atoms with Crippen molar-refractivity contribution in [3.8, 4) is 0 Å². The third kappa shape index (κ3) is 4.09. The Kier molecular flexibility index (Phi) is 4.90. The Morgan fingerprint density at radius 3 is 2.40 bits per heavy atom. The Bertz CT molecular complexity index is 736. The lowest BCUT2D eigenvalue weighted by molar-refractivity contribution is -0.122. The average molecular weight is 341 g/mol. The van der Waals surface area contributed by atoms with Gasteiger partial charge in [-0.1, -0.05) is 12.8 Å². The first kappa shape index (κ1) is 17.2. The van der Waals surface area contributed by atoms with E-state index in [1.54, 1.807) is 36.4 Å². The van der Waals surface area contributed by atoms with Crippen LogP contribution in [0.4, 0.5) is 11.4 Å². The molecule has 1 aliphatic carbocycles. The van der Waals surface area contributed by atoms with Crippen LogP contribution in [-0.4, -0.2) is 17.4 Å². The van der Waals surface area contributed by atoms with Crippen LogP contribution in [0.25, 0.3) is 0 Å². The van der Waals surface area contributed by atoms with E-state index in [-0.39, 0.29) is 23.5 Å². The van der Waals surface area contributed by atoms with Crippen molar-refractivity contribution in [2.24, 2.45) is 11.7 Å². The molecule has 1 fully saturated rings. The molecule has 0 aliphatic heterocycles. The molecular weight excluding hydrogens is 318 g/mol. The molecule has 132 valence electrons. The van der Waals surface area contributed by atoms with E-state index in [9.17, 15) is 9.59 Å².